The number of nitrogens with zero attached hydrogens (tertiary/aromatic N) is 1. The van der Waals surface area contributed by atoms with Crippen molar-refractivity contribution in [3.8, 4) is 0 Å². The number of hydrogen-bond acceptors (Lipinski definition) is 3. The first kappa shape index (κ1) is 14.3. The Kier molecular flexibility index (Phi) is 3.87. The maximum absolute atomic E-state index is 12.1. The van der Waals surface area contributed by atoms with Gasteiger partial charge in [0.15, 0.2) is 0 Å². The van der Waals surface area contributed by atoms with Gasteiger partial charge in [-0.15, -0.1) is 0 Å². The molecule has 5 nitrogen and oxygen atoms in total. The van der Waals surface area contributed by atoms with Crippen LogP contribution in [-0.2, 0) is 4.79 Å². The number of amides is 2. The molecule has 22 heavy (non-hydrogen) atoms. The van der Waals surface area contributed by atoms with Gasteiger partial charge in [0, 0.05) is 22.9 Å². The first-order chi connectivity index (χ1) is 10.6. The minimum absolute atomic E-state index is 0.0566. The molecule has 1 fully saturated rings. The fourth-order valence-corrected chi connectivity index (χ4v) is 2.10. The number of pyridine rings is 1. The van der Waals surface area contributed by atoms with Crippen LogP contribution in [0, 0.1) is 12.8 Å². The Morgan fingerprint density at radius 3 is 2.41 bits per heavy atom. The van der Waals surface area contributed by atoms with Gasteiger partial charge in [0.2, 0.25) is 5.91 Å². The molecule has 5 heteroatoms. The lowest BCUT2D eigenvalue weighted by Gasteiger charge is -2.07. The fraction of sp³-hybridized carbons (Fsp3) is 0.235. The Morgan fingerprint density at radius 1 is 1.05 bits per heavy atom. The largest absolute Gasteiger partial charge is 0.326 e. The Hall–Kier alpha value is -2.69. The molecular weight excluding hydrogens is 278 g/mol. The number of carbonyl (C=O) groups excluding carboxylic acids is 2. The third kappa shape index (κ3) is 3.49. The molecule has 2 amide bonds. The van der Waals surface area contributed by atoms with E-state index in [1.807, 2.05) is 19.1 Å². The van der Waals surface area contributed by atoms with Gasteiger partial charge in [0.1, 0.15) is 5.82 Å². The summed E-state index contributed by atoms with van der Waals surface area (Å²) in [5, 5.41) is 5.59. The lowest BCUT2D eigenvalue weighted by atomic mass is 10.2. The SMILES string of the molecule is Cc1cccc(NC(=O)c2ccc(NC(=O)C3CC3)cc2)n1. The summed E-state index contributed by atoms with van der Waals surface area (Å²) < 4.78 is 0. The molecule has 1 aliphatic rings. The summed E-state index contributed by atoms with van der Waals surface area (Å²) in [5.74, 6) is 0.519. The quantitative estimate of drug-likeness (QED) is 0.911. The maximum atomic E-state index is 12.1. The van der Waals surface area contributed by atoms with Gasteiger partial charge in [0.05, 0.1) is 0 Å². The molecule has 0 spiro atoms. The fourth-order valence-electron chi connectivity index (χ4n) is 2.10. The van der Waals surface area contributed by atoms with Crippen molar-refractivity contribution in [1.82, 2.24) is 4.98 Å². The molecule has 0 unspecified atom stereocenters. The average molecular weight is 295 g/mol. The zero-order chi connectivity index (χ0) is 15.5. The first-order valence-electron chi connectivity index (χ1n) is 7.28. The van der Waals surface area contributed by atoms with Crippen LogP contribution in [-0.4, -0.2) is 16.8 Å². The molecule has 0 radical (unpaired) electrons. The molecule has 2 N–H and O–H groups in total. The van der Waals surface area contributed by atoms with E-state index >= 15 is 0 Å². The van der Waals surface area contributed by atoms with Crippen LogP contribution in [0.2, 0.25) is 0 Å². The third-order valence-corrected chi connectivity index (χ3v) is 3.49. The Morgan fingerprint density at radius 2 is 1.77 bits per heavy atom. The van der Waals surface area contributed by atoms with E-state index in [9.17, 15) is 9.59 Å². The van der Waals surface area contributed by atoms with Gasteiger partial charge in [-0.05, 0) is 56.2 Å². The molecule has 1 aliphatic carbocycles. The molecule has 0 saturated heterocycles. The zero-order valence-electron chi connectivity index (χ0n) is 12.3. The van der Waals surface area contributed by atoms with Crippen LogP contribution >= 0.6 is 0 Å². The second-order valence-corrected chi connectivity index (χ2v) is 5.46. The highest BCUT2D eigenvalue weighted by atomic mass is 16.2. The molecular formula is C17H17N3O2. The van der Waals surface area contributed by atoms with Crippen molar-refractivity contribution < 1.29 is 9.59 Å². The van der Waals surface area contributed by atoms with Crippen LogP contribution in [0.3, 0.4) is 0 Å². The summed E-state index contributed by atoms with van der Waals surface area (Å²) in [6.07, 6.45) is 1.94. The minimum Gasteiger partial charge on any atom is -0.326 e. The highest BCUT2D eigenvalue weighted by molar-refractivity contribution is 6.04. The normalized spacial score (nSPS) is 13.5. The van der Waals surface area contributed by atoms with Crippen LogP contribution in [0.5, 0.6) is 0 Å². The van der Waals surface area contributed by atoms with Gasteiger partial charge in [-0.2, -0.15) is 0 Å². The molecule has 3 rings (SSSR count). The number of carbonyl (C=O) groups is 2. The number of rotatable bonds is 4. The van der Waals surface area contributed by atoms with E-state index in [0.29, 0.717) is 17.1 Å². The zero-order valence-corrected chi connectivity index (χ0v) is 12.3. The van der Waals surface area contributed by atoms with Gasteiger partial charge in [-0.1, -0.05) is 6.07 Å². The average Bonchev–Trinajstić information content (AvgIpc) is 3.32. The van der Waals surface area contributed by atoms with Crippen molar-refractivity contribution in [3.05, 3.63) is 53.7 Å². The van der Waals surface area contributed by atoms with Crippen molar-refractivity contribution >= 4 is 23.3 Å². The predicted octanol–water partition coefficient (Wildman–Crippen LogP) is 2.99. The number of hydrogen-bond donors (Lipinski definition) is 2. The first-order valence-corrected chi connectivity index (χ1v) is 7.28. The molecule has 1 aromatic heterocycles. The van der Waals surface area contributed by atoms with E-state index < -0.39 is 0 Å². The van der Waals surface area contributed by atoms with Crippen molar-refractivity contribution in [2.75, 3.05) is 10.6 Å². The minimum atomic E-state index is -0.224. The van der Waals surface area contributed by atoms with E-state index in [1.54, 1.807) is 30.3 Å². The smallest absolute Gasteiger partial charge is 0.256 e. The van der Waals surface area contributed by atoms with Gasteiger partial charge in [-0.3, -0.25) is 9.59 Å². The number of nitrogens with one attached hydrogen (secondary N) is 2. The maximum Gasteiger partial charge on any atom is 0.256 e. The van der Waals surface area contributed by atoms with Crippen LogP contribution < -0.4 is 10.6 Å². The Labute approximate surface area is 128 Å². The standard InChI is InChI=1S/C17H17N3O2/c1-11-3-2-4-15(18-11)20-17(22)13-7-9-14(10-8-13)19-16(21)12-5-6-12/h2-4,7-10,12H,5-6H2,1H3,(H,19,21)(H,18,20,22). The monoisotopic (exact) mass is 295 g/mol. The number of anilines is 2. The van der Waals surface area contributed by atoms with Crippen molar-refractivity contribution in [2.24, 2.45) is 5.92 Å². The number of aromatic nitrogens is 1. The third-order valence-electron chi connectivity index (χ3n) is 3.49. The van der Waals surface area contributed by atoms with Crippen molar-refractivity contribution in [3.63, 3.8) is 0 Å². The topological polar surface area (TPSA) is 71.1 Å². The number of benzene rings is 1. The molecule has 0 atom stereocenters. The van der Waals surface area contributed by atoms with E-state index in [1.165, 1.54) is 0 Å². The molecule has 0 aliphatic heterocycles. The second kappa shape index (κ2) is 5.97. The van der Waals surface area contributed by atoms with Crippen LogP contribution in [0.25, 0.3) is 0 Å². The summed E-state index contributed by atoms with van der Waals surface area (Å²) >= 11 is 0. The van der Waals surface area contributed by atoms with Gasteiger partial charge >= 0.3 is 0 Å². The van der Waals surface area contributed by atoms with Gasteiger partial charge in [0.25, 0.3) is 5.91 Å². The summed E-state index contributed by atoms with van der Waals surface area (Å²) in [6, 6.07) is 12.3. The summed E-state index contributed by atoms with van der Waals surface area (Å²) in [4.78, 5) is 28.0. The highest BCUT2D eigenvalue weighted by Gasteiger charge is 2.29. The van der Waals surface area contributed by atoms with Gasteiger partial charge < -0.3 is 10.6 Å². The lowest BCUT2D eigenvalue weighted by Crippen LogP contribution is -2.15. The highest BCUT2D eigenvalue weighted by Crippen LogP contribution is 2.30. The van der Waals surface area contributed by atoms with E-state index in [2.05, 4.69) is 15.6 Å². The van der Waals surface area contributed by atoms with Gasteiger partial charge in [-0.25, -0.2) is 4.98 Å². The summed E-state index contributed by atoms with van der Waals surface area (Å²) in [6.45, 7) is 1.87. The molecule has 1 aromatic carbocycles. The Bertz CT molecular complexity index is 706. The molecule has 2 aromatic rings. The van der Waals surface area contributed by atoms with Crippen LogP contribution in [0.15, 0.2) is 42.5 Å². The van der Waals surface area contributed by atoms with Crippen LogP contribution in [0.1, 0.15) is 28.9 Å². The second-order valence-electron chi connectivity index (χ2n) is 5.46. The molecule has 1 heterocycles. The molecule has 1 saturated carbocycles. The summed E-state index contributed by atoms with van der Waals surface area (Å²) in [7, 11) is 0. The van der Waals surface area contributed by atoms with E-state index in [0.717, 1.165) is 18.5 Å². The van der Waals surface area contributed by atoms with E-state index in [4.69, 9.17) is 0 Å². The van der Waals surface area contributed by atoms with E-state index in [-0.39, 0.29) is 17.7 Å². The molecule has 112 valence electrons. The number of aryl methyl sites for hydroxylation is 1. The predicted molar refractivity (Wildman–Crippen MR) is 84.7 cm³/mol. The van der Waals surface area contributed by atoms with Crippen molar-refractivity contribution in [1.29, 1.82) is 0 Å². The Balaban J connectivity index is 1.64. The summed E-state index contributed by atoms with van der Waals surface area (Å²) in [5.41, 5.74) is 2.07. The molecule has 0 bridgehead atoms. The van der Waals surface area contributed by atoms with Crippen molar-refractivity contribution in [2.45, 2.75) is 19.8 Å². The lowest BCUT2D eigenvalue weighted by molar-refractivity contribution is -0.117. The van der Waals surface area contributed by atoms with Crippen LogP contribution in [0.4, 0.5) is 11.5 Å².